The third-order valence-corrected chi connectivity index (χ3v) is 4.51. The van der Waals surface area contributed by atoms with Crippen molar-refractivity contribution in [3.63, 3.8) is 0 Å². The molecular formula is C21H43N. The van der Waals surface area contributed by atoms with Crippen LogP contribution in [0, 0.1) is 0 Å². The molecule has 0 aliphatic heterocycles. The standard InChI is InChI=1S/C21H43N/c1-4-5-6-7-8-9-10-11-12-13-14-15-16-17-18-19-20-21-22(2)3/h4H,1,5-21H2,2-3H3. The average molecular weight is 310 g/mol. The Morgan fingerprint density at radius 1 is 0.545 bits per heavy atom. The van der Waals surface area contributed by atoms with Crippen molar-refractivity contribution < 1.29 is 0 Å². The SMILES string of the molecule is C=CCCCCCCCCCCCCCCCCCN(C)C. The predicted octanol–water partition coefficient (Wildman–Crippen LogP) is 6.98. The lowest BCUT2D eigenvalue weighted by atomic mass is 10.0. The van der Waals surface area contributed by atoms with E-state index < -0.39 is 0 Å². The predicted molar refractivity (Wildman–Crippen MR) is 103 cm³/mol. The lowest BCUT2D eigenvalue weighted by Crippen LogP contribution is -2.12. The van der Waals surface area contributed by atoms with Crippen LogP contribution in [0.15, 0.2) is 12.7 Å². The van der Waals surface area contributed by atoms with Crippen molar-refractivity contribution in [2.75, 3.05) is 20.6 Å². The summed E-state index contributed by atoms with van der Waals surface area (Å²) in [5.41, 5.74) is 0. The van der Waals surface area contributed by atoms with Gasteiger partial charge in [-0.15, -0.1) is 6.58 Å². The van der Waals surface area contributed by atoms with Crippen molar-refractivity contribution in [2.45, 2.75) is 103 Å². The molecule has 0 rings (SSSR count). The first-order valence-corrected chi connectivity index (χ1v) is 10.0. The molecule has 0 aliphatic carbocycles. The van der Waals surface area contributed by atoms with Gasteiger partial charge in [-0.05, 0) is 39.9 Å². The zero-order valence-corrected chi connectivity index (χ0v) is 15.8. The summed E-state index contributed by atoms with van der Waals surface area (Å²) in [6.45, 7) is 5.03. The first-order chi connectivity index (χ1) is 10.8. The normalized spacial score (nSPS) is 11.2. The van der Waals surface area contributed by atoms with Crippen molar-refractivity contribution >= 4 is 0 Å². The lowest BCUT2D eigenvalue weighted by Gasteiger charge is -2.08. The van der Waals surface area contributed by atoms with E-state index in [-0.39, 0.29) is 0 Å². The molecule has 0 aromatic carbocycles. The zero-order chi connectivity index (χ0) is 16.3. The summed E-state index contributed by atoms with van der Waals surface area (Å²) >= 11 is 0. The Balaban J connectivity index is 2.95. The van der Waals surface area contributed by atoms with E-state index in [4.69, 9.17) is 0 Å². The summed E-state index contributed by atoms with van der Waals surface area (Å²) in [4.78, 5) is 2.29. The fraction of sp³-hybridized carbons (Fsp3) is 0.905. The number of hydrogen-bond donors (Lipinski definition) is 0. The van der Waals surface area contributed by atoms with Crippen LogP contribution in [0.2, 0.25) is 0 Å². The molecule has 0 saturated heterocycles. The van der Waals surface area contributed by atoms with Gasteiger partial charge in [-0.1, -0.05) is 89.5 Å². The highest BCUT2D eigenvalue weighted by atomic mass is 15.0. The van der Waals surface area contributed by atoms with Gasteiger partial charge in [0.2, 0.25) is 0 Å². The maximum Gasteiger partial charge on any atom is -0.00248 e. The molecule has 0 aromatic rings. The molecule has 0 spiro atoms. The van der Waals surface area contributed by atoms with Gasteiger partial charge in [0.15, 0.2) is 0 Å². The molecule has 22 heavy (non-hydrogen) atoms. The monoisotopic (exact) mass is 309 g/mol. The van der Waals surface area contributed by atoms with Crippen molar-refractivity contribution in [1.82, 2.24) is 4.90 Å². The fourth-order valence-corrected chi connectivity index (χ4v) is 3.01. The topological polar surface area (TPSA) is 3.24 Å². The van der Waals surface area contributed by atoms with Crippen LogP contribution in [0.3, 0.4) is 0 Å². The van der Waals surface area contributed by atoms with Crippen LogP contribution in [0.1, 0.15) is 103 Å². The molecule has 0 fully saturated rings. The maximum atomic E-state index is 3.77. The Kier molecular flexibility index (Phi) is 18.5. The van der Waals surface area contributed by atoms with Gasteiger partial charge in [0.25, 0.3) is 0 Å². The van der Waals surface area contributed by atoms with Crippen LogP contribution >= 0.6 is 0 Å². The van der Waals surface area contributed by atoms with E-state index in [0.717, 1.165) is 0 Å². The van der Waals surface area contributed by atoms with Crippen molar-refractivity contribution in [2.24, 2.45) is 0 Å². The van der Waals surface area contributed by atoms with Crippen LogP contribution in [0.25, 0.3) is 0 Å². The van der Waals surface area contributed by atoms with E-state index in [0.29, 0.717) is 0 Å². The van der Waals surface area contributed by atoms with Gasteiger partial charge in [0, 0.05) is 0 Å². The van der Waals surface area contributed by atoms with E-state index in [1.54, 1.807) is 0 Å². The Morgan fingerprint density at radius 2 is 0.864 bits per heavy atom. The summed E-state index contributed by atoms with van der Waals surface area (Å²) in [5.74, 6) is 0. The Morgan fingerprint density at radius 3 is 1.18 bits per heavy atom. The number of unbranched alkanes of at least 4 members (excludes halogenated alkanes) is 15. The molecule has 0 heterocycles. The second kappa shape index (κ2) is 18.7. The van der Waals surface area contributed by atoms with Crippen LogP contribution in [-0.4, -0.2) is 25.5 Å². The molecule has 132 valence electrons. The van der Waals surface area contributed by atoms with Crippen LogP contribution in [-0.2, 0) is 0 Å². The van der Waals surface area contributed by atoms with E-state index in [9.17, 15) is 0 Å². The van der Waals surface area contributed by atoms with Crippen molar-refractivity contribution in [1.29, 1.82) is 0 Å². The van der Waals surface area contributed by atoms with E-state index in [1.165, 1.54) is 109 Å². The number of allylic oxidation sites excluding steroid dienone is 1. The molecule has 0 N–H and O–H groups in total. The van der Waals surface area contributed by atoms with Gasteiger partial charge in [-0.3, -0.25) is 0 Å². The van der Waals surface area contributed by atoms with Gasteiger partial charge in [-0.25, -0.2) is 0 Å². The Labute approximate surface area is 141 Å². The van der Waals surface area contributed by atoms with E-state index >= 15 is 0 Å². The molecular weight excluding hydrogens is 266 g/mol. The fourth-order valence-electron chi connectivity index (χ4n) is 3.01. The minimum absolute atomic E-state index is 1.20. The number of nitrogens with zero attached hydrogens (tertiary/aromatic N) is 1. The molecule has 0 aromatic heterocycles. The highest BCUT2D eigenvalue weighted by molar-refractivity contribution is 4.65. The van der Waals surface area contributed by atoms with Crippen molar-refractivity contribution in [3.05, 3.63) is 12.7 Å². The second-order valence-electron chi connectivity index (χ2n) is 7.18. The van der Waals surface area contributed by atoms with Crippen molar-refractivity contribution in [3.8, 4) is 0 Å². The highest BCUT2D eigenvalue weighted by Crippen LogP contribution is 2.13. The molecule has 0 atom stereocenters. The van der Waals surface area contributed by atoms with E-state index in [2.05, 4.69) is 25.6 Å². The average Bonchev–Trinajstić information content (AvgIpc) is 2.50. The lowest BCUT2D eigenvalue weighted by molar-refractivity contribution is 0.389. The smallest absolute Gasteiger partial charge is 0.00248 e. The molecule has 0 radical (unpaired) electrons. The Bertz CT molecular complexity index is 210. The minimum Gasteiger partial charge on any atom is -0.309 e. The molecule has 1 nitrogen and oxygen atoms in total. The highest BCUT2D eigenvalue weighted by Gasteiger charge is 1.95. The Hall–Kier alpha value is -0.300. The summed E-state index contributed by atoms with van der Waals surface area (Å²) in [6, 6.07) is 0. The maximum absolute atomic E-state index is 3.77. The molecule has 1 heteroatoms. The summed E-state index contributed by atoms with van der Waals surface area (Å²) in [7, 11) is 4.34. The van der Waals surface area contributed by atoms with Crippen LogP contribution in [0.5, 0.6) is 0 Å². The zero-order valence-electron chi connectivity index (χ0n) is 15.8. The minimum atomic E-state index is 1.20. The molecule has 0 amide bonds. The quantitative estimate of drug-likeness (QED) is 0.195. The summed E-state index contributed by atoms with van der Waals surface area (Å²) in [6.07, 6.45) is 24.8. The summed E-state index contributed by atoms with van der Waals surface area (Å²) in [5, 5.41) is 0. The molecule has 0 unspecified atom stereocenters. The van der Waals surface area contributed by atoms with Gasteiger partial charge in [0.05, 0.1) is 0 Å². The molecule has 0 aliphatic rings. The largest absolute Gasteiger partial charge is 0.309 e. The molecule has 0 saturated carbocycles. The van der Waals surface area contributed by atoms with Gasteiger partial charge in [0.1, 0.15) is 0 Å². The molecule has 0 bridgehead atoms. The van der Waals surface area contributed by atoms with Crippen LogP contribution in [0.4, 0.5) is 0 Å². The first-order valence-electron chi connectivity index (χ1n) is 10.0. The van der Waals surface area contributed by atoms with Crippen LogP contribution < -0.4 is 0 Å². The summed E-state index contributed by atoms with van der Waals surface area (Å²) < 4.78 is 0. The van der Waals surface area contributed by atoms with Gasteiger partial charge < -0.3 is 4.90 Å². The van der Waals surface area contributed by atoms with Gasteiger partial charge >= 0.3 is 0 Å². The second-order valence-corrected chi connectivity index (χ2v) is 7.18. The van der Waals surface area contributed by atoms with E-state index in [1.807, 2.05) is 6.08 Å². The van der Waals surface area contributed by atoms with Gasteiger partial charge in [-0.2, -0.15) is 0 Å². The number of hydrogen-bond acceptors (Lipinski definition) is 1. The first kappa shape index (κ1) is 21.7. The third kappa shape index (κ3) is 19.7. The third-order valence-electron chi connectivity index (χ3n) is 4.51. The number of rotatable bonds is 18.